The standard InChI is InChI=1S/C18H22F2N2O5/c1-22-14(10-26-17(22)24)16(23)21-13-9-12(3-4-15(13)25-2)27-11-5-7-18(19,20)8-6-11/h3-4,9,11,14H,5-8,10H2,1-2H3,(H,21,23). The van der Waals surface area contributed by atoms with Crippen molar-refractivity contribution < 1.29 is 32.6 Å². The van der Waals surface area contributed by atoms with Gasteiger partial charge >= 0.3 is 6.09 Å². The first kappa shape index (κ1) is 19.2. The number of hydrogen-bond acceptors (Lipinski definition) is 5. The van der Waals surface area contributed by atoms with Crippen LogP contribution in [0.25, 0.3) is 0 Å². The molecule has 1 aliphatic carbocycles. The van der Waals surface area contributed by atoms with Gasteiger partial charge in [0.05, 0.1) is 18.9 Å². The van der Waals surface area contributed by atoms with Gasteiger partial charge in [-0.25, -0.2) is 13.6 Å². The molecule has 148 valence electrons. The van der Waals surface area contributed by atoms with Crippen molar-refractivity contribution in [1.29, 1.82) is 0 Å². The lowest BCUT2D eigenvalue weighted by atomic mass is 9.94. The Bertz CT molecular complexity index is 718. The minimum Gasteiger partial charge on any atom is -0.495 e. The van der Waals surface area contributed by atoms with Crippen LogP contribution in [-0.4, -0.2) is 55.7 Å². The number of anilines is 1. The maximum atomic E-state index is 13.3. The van der Waals surface area contributed by atoms with Crippen molar-refractivity contribution in [3.63, 3.8) is 0 Å². The zero-order chi connectivity index (χ0) is 19.6. The van der Waals surface area contributed by atoms with E-state index in [2.05, 4.69) is 5.32 Å². The lowest BCUT2D eigenvalue weighted by Gasteiger charge is -2.29. The number of cyclic esters (lactones) is 1. The molecule has 9 heteroatoms. The van der Waals surface area contributed by atoms with E-state index in [0.717, 1.165) is 0 Å². The van der Waals surface area contributed by atoms with Crippen LogP contribution in [0.15, 0.2) is 18.2 Å². The second-order valence-electron chi connectivity index (χ2n) is 6.73. The molecular formula is C18H22F2N2O5. The highest BCUT2D eigenvalue weighted by Crippen LogP contribution is 2.36. The highest BCUT2D eigenvalue weighted by atomic mass is 19.3. The molecule has 2 fully saturated rings. The van der Waals surface area contributed by atoms with Crippen molar-refractivity contribution in [3.05, 3.63) is 18.2 Å². The number of nitrogens with one attached hydrogen (secondary N) is 1. The summed E-state index contributed by atoms with van der Waals surface area (Å²) in [6, 6.07) is 4.13. The maximum Gasteiger partial charge on any atom is 0.410 e. The largest absolute Gasteiger partial charge is 0.495 e. The van der Waals surface area contributed by atoms with Crippen LogP contribution < -0.4 is 14.8 Å². The van der Waals surface area contributed by atoms with Crippen LogP contribution in [0.1, 0.15) is 25.7 Å². The smallest absolute Gasteiger partial charge is 0.410 e. The van der Waals surface area contributed by atoms with Crippen molar-refractivity contribution in [2.75, 3.05) is 26.1 Å². The fraction of sp³-hybridized carbons (Fsp3) is 0.556. The zero-order valence-corrected chi connectivity index (χ0v) is 15.2. The zero-order valence-electron chi connectivity index (χ0n) is 15.2. The highest BCUT2D eigenvalue weighted by molar-refractivity contribution is 5.98. The number of rotatable bonds is 5. The molecule has 7 nitrogen and oxygen atoms in total. The second-order valence-corrected chi connectivity index (χ2v) is 6.73. The third kappa shape index (κ3) is 4.40. The molecule has 3 rings (SSSR count). The highest BCUT2D eigenvalue weighted by Gasteiger charge is 2.37. The topological polar surface area (TPSA) is 77.1 Å². The fourth-order valence-corrected chi connectivity index (χ4v) is 3.14. The average Bonchev–Trinajstić information content (AvgIpc) is 2.96. The van der Waals surface area contributed by atoms with Gasteiger partial charge in [0, 0.05) is 26.0 Å². The number of likely N-dealkylation sites (N-methyl/N-ethyl adjacent to an activating group) is 1. The number of ether oxygens (including phenoxy) is 3. The summed E-state index contributed by atoms with van der Waals surface area (Å²) in [5.74, 6) is -2.17. The third-order valence-electron chi connectivity index (χ3n) is 4.82. The number of hydrogen-bond donors (Lipinski definition) is 1. The summed E-state index contributed by atoms with van der Waals surface area (Å²) in [6.07, 6.45) is -0.708. The summed E-state index contributed by atoms with van der Waals surface area (Å²) >= 11 is 0. The molecule has 0 radical (unpaired) electrons. The Morgan fingerprint density at radius 2 is 2.04 bits per heavy atom. The molecule has 1 saturated heterocycles. The lowest BCUT2D eigenvalue weighted by molar-refractivity contribution is -0.119. The Kier molecular flexibility index (Phi) is 5.38. The van der Waals surface area contributed by atoms with Gasteiger partial charge in [-0.1, -0.05) is 0 Å². The van der Waals surface area contributed by atoms with Crippen molar-refractivity contribution >= 4 is 17.7 Å². The monoisotopic (exact) mass is 384 g/mol. The minimum atomic E-state index is -2.62. The number of methoxy groups -OCH3 is 1. The van der Waals surface area contributed by atoms with E-state index in [-0.39, 0.29) is 38.4 Å². The number of carbonyl (C=O) groups excluding carboxylic acids is 2. The minimum absolute atomic E-state index is 0.0318. The molecule has 1 aromatic rings. The van der Waals surface area contributed by atoms with Gasteiger partial charge in [-0.15, -0.1) is 0 Å². The summed E-state index contributed by atoms with van der Waals surface area (Å²) in [6.45, 7) is -0.0318. The molecule has 1 aromatic carbocycles. The van der Waals surface area contributed by atoms with Crippen LogP contribution in [0.5, 0.6) is 11.5 Å². The van der Waals surface area contributed by atoms with Gasteiger partial charge in [0.25, 0.3) is 5.91 Å². The van der Waals surface area contributed by atoms with Gasteiger partial charge in [-0.05, 0) is 25.0 Å². The van der Waals surface area contributed by atoms with Gasteiger partial charge in [-0.2, -0.15) is 0 Å². The first-order valence-corrected chi connectivity index (χ1v) is 8.72. The maximum absolute atomic E-state index is 13.3. The number of halogens is 2. The number of carbonyl (C=O) groups is 2. The predicted octanol–water partition coefficient (Wildman–Crippen LogP) is 3.04. The van der Waals surface area contributed by atoms with Crippen LogP contribution in [-0.2, 0) is 9.53 Å². The van der Waals surface area contributed by atoms with Crippen LogP contribution in [0.2, 0.25) is 0 Å². The molecule has 1 saturated carbocycles. The van der Waals surface area contributed by atoms with E-state index in [9.17, 15) is 18.4 Å². The molecule has 2 amide bonds. The Labute approximate surface area is 155 Å². The molecule has 1 atom stereocenters. The molecule has 0 spiro atoms. The van der Waals surface area contributed by atoms with Gasteiger partial charge < -0.3 is 19.5 Å². The molecule has 2 aliphatic rings. The van der Waals surface area contributed by atoms with Crippen LogP contribution in [0.4, 0.5) is 19.3 Å². The van der Waals surface area contributed by atoms with Crippen LogP contribution in [0, 0.1) is 0 Å². The van der Waals surface area contributed by atoms with Gasteiger partial charge in [0.1, 0.15) is 24.1 Å². The van der Waals surface area contributed by atoms with E-state index >= 15 is 0 Å². The first-order valence-electron chi connectivity index (χ1n) is 8.72. The Morgan fingerprint density at radius 3 is 2.63 bits per heavy atom. The SMILES string of the molecule is COc1ccc(OC2CCC(F)(F)CC2)cc1NC(=O)C1COC(=O)N1C. The number of alkyl halides is 2. The summed E-state index contributed by atoms with van der Waals surface area (Å²) in [7, 11) is 2.94. The van der Waals surface area contributed by atoms with Crippen molar-refractivity contribution in [1.82, 2.24) is 4.90 Å². The van der Waals surface area contributed by atoms with Crippen molar-refractivity contribution in [2.45, 2.75) is 43.8 Å². The van der Waals surface area contributed by atoms with E-state index in [1.807, 2.05) is 0 Å². The summed E-state index contributed by atoms with van der Waals surface area (Å²) in [5.41, 5.74) is 0.369. The summed E-state index contributed by atoms with van der Waals surface area (Å²) in [5, 5.41) is 2.71. The van der Waals surface area contributed by atoms with E-state index in [0.29, 0.717) is 17.2 Å². The van der Waals surface area contributed by atoms with Crippen molar-refractivity contribution in [2.24, 2.45) is 0 Å². The van der Waals surface area contributed by atoms with E-state index in [1.54, 1.807) is 18.2 Å². The molecule has 1 heterocycles. The molecular weight excluding hydrogens is 362 g/mol. The Morgan fingerprint density at radius 1 is 1.33 bits per heavy atom. The second kappa shape index (κ2) is 7.58. The Hall–Kier alpha value is -2.58. The van der Waals surface area contributed by atoms with Crippen LogP contribution in [0.3, 0.4) is 0 Å². The number of amides is 2. The number of benzene rings is 1. The van der Waals surface area contributed by atoms with Gasteiger partial charge in [-0.3, -0.25) is 9.69 Å². The average molecular weight is 384 g/mol. The Balaban J connectivity index is 1.68. The van der Waals surface area contributed by atoms with Gasteiger partial charge in [0.15, 0.2) is 0 Å². The fourth-order valence-electron chi connectivity index (χ4n) is 3.14. The predicted molar refractivity (Wildman–Crippen MR) is 92.4 cm³/mol. The first-order chi connectivity index (χ1) is 12.8. The quantitative estimate of drug-likeness (QED) is 0.844. The molecule has 0 bridgehead atoms. The van der Waals surface area contributed by atoms with Crippen LogP contribution >= 0.6 is 0 Å². The normalized spacial score (nSPS) is 22.3. The molecule has 1 N–H and O–H groups in total. The summed E-state index contributed by atoms with van der Waals surface area (Å²) in [4.78, 5) is 25.1. The van der Waals surface area contributed by atoms with Crippen molar-refractivity contribution in [3.8, 4) is 11.5 Å². The van der Waals surface area contributed by atoms with E-state index in [4.69, 9.17) is 14.2 Å². The lowest BCUT2D eigenvalue weighted by Crippen LogP contribution is -2.40. The molecule has 27 heavy (non-hydrogen) atoms. The van der Waals surface area contributed by atoms with E-state index < -0.39 is 24.0 Å². The summed E-state index contributed by atoms with van der Waals surface area (Å²) < 4.78 is 42.4. The third-order valence-corrected chi connectivity index (χ3v) is 4.82. The van der Waals surface area contributed by atoms with Gasteiger partial charge in [0.2, 0.25) is 5.92 Å². The molecule has 1 unspecified atom stereocenters. The molecule has 1 aliphatic heterocycles. The number of nitrogens with zero attached hydrogens (tertiary/aromatic N) is 1. The van der Waals surface area contributed by atoms with E-state index in [1.165, 1.54) is 19.1 Å². The molecule has 0 aromatic heterocycles.